The van der Waals surface area contributed by atoms with Gasteiger partial charge in [-0.3, -0.25) is 19.7 Å². The van der Waals surface area contributed by atoms with Gasteiger partial charge in [0.1, 0.15) is 17.0 Å². The van der Waals surface area contributed by atoms with Crippen LogP contribution >= 0.6 is 11.9 Å². The number of fused-ring (bicyclic) bond motifs is 3. The van der Waals surface area contributed by atoms with E-state index in [1.807, 2.05) is 34.6 Å². The molecule has 0 radical (unpaired) electrons. The van der Waals surface area contributed by atoms with E-state index >= 15 is 0 Å². The van der Waals surface area contributed by atoms with Gasteiger partial charge in [-0.05, 0) is 60.7 Å². The van der Waals surface area contributed by atoms with E-state index in [1.165, 1.54) is 22.9 Å². The molecule has 224 valence electrons. The Hall–Kier alpha value is -4.00. The zero-order valence-electron chi connectivity index (χ0n) is 23.6. The topological polar surface area (TPSA) is 144 Å². The number of rotatable bonds is 5. The van der Waals surface area contributed by atoms with Crippen molar-refractivity contribution in [2.75, 3.05) is 19.6 Å². The fourth-order valence-corrected chi connectivity index (χ4v) is 6.87. The van der Waals surface area contributed by atoms with Crippen molar-refractivity contribution < 1.29 is 19.2 Å². The molecule has 12 heteroatoms. The van der Waals surface area contributed by atoms with Crippen LogP contribution in [0.1, 0.15) is 25.7 Å². The molecule has 0 bridgehead atoms. The first-order chi connectivity index (χ1) is 20.9. The number of aromatic nitrogens is 1. The Morgan fingerprint density at radius 1 is 1.07 bits per heavy atom. The Bertz CT molecular complexity index is 1550. The number of pyridine rings is 1. The maximum absolute atomic E-state index is 13.9. The van der Waals surface area contributed by atoms with Crippen LogP contribution in [0.4, 0.5) is 5.69 Å². The zero-order valence-corrected chi connectivity index (χ0v) is 24.4. The summed E-state index contributed by atoms with van der Waals surface area (Å²) in [6, 6.07) is 14.6. The lowest BCUT2D eigenvalue weighted by molar-refractivity contribution is -0.387. The molecule has 1 saturated carbocycles. The van der Waals surface area contributed by atoms with Crippen LogP contribution in [0.3, 0.4) is 0 Å². The van der Waals surface area contributed by atoms with Crippen LogP contribution in [0.25, 0.3) is 10.8 Å². The molecule has 2 fully saturated rings. The molecule has 6 rings (SSSR count). The lowest BCUT2D eigenvalue weighted by atomic mass is 10.1. The van der Waals surface area contributed by atoms with E-state index in [4.69, 9.17) is 10.5 Å². The van der Waals surface area contributed by atoms with Crippen molar-refractivity contribution >= 4 is 40.2 Å². The molecule has 0 spiro atoms. The van der Waals surface area contributed by atoms with Crippen molar-refractivity contribution in [3.05, 3.63) is 83.1 Å². The molecule has 1 aromatic heterocycles. The second kappa shape index (κ2) is 12.7. The number of nitro groups is 1. The SMILES string of the molecule is N[C@H]1CN(Sc2ccccc2[N+](=O)[O-])CCC/C=C\[C@@H]2C[C@H]2NC(=O)[C@@H]2C[C@@H](Oc3nccc4ccccc34)CN2C1=O. The second-order valence-corrected chi connectivity index (χ2v) is 12.4. The standard InChI is InChI=1S/C31H34N6O5S/c32-24-19-35(43-28-12-6-5-11-26(28)37(40)41)15-7-1-2-9-21-16-25(21)34-29(38)27-17-22(18-36(27)31(24)39)42-30-23-10-4-3-8-20(23)13-14-33-30/h2-6,8-14,21-22,24-25,27H,1,7,15-19,32H2,(H,34,38)/b9-2-/t21-,22-,24+,25-,27+/m1/s1. The van der Waals surface area contributed by atoms with E-state index in [-0.39, 0.29) is 42.6 Å². The first kappa shape index (κ1) is 29.1. The average Bonchev–Trinajstić information content (AvgIpc) is 3.60. The highest BCUT2D eigenvalue weighted by atomic mass is 32.2. The van der Waals surface area contributed by atoms with E-state index in [2.05, 4.69) is 22.5 Å². The fourth-order valence-electron chi connectivity index (χ4n) is 5.76. The van der Waals surface area contributed by atoms with Crippen LogP contribution in [0.5, 0.6) is 5.88 Å². The Morgan fingerprint density at radius 2 is 1.88 bits per heavy atom. The van der Waals surface area contributed by atoms with Gasteiger partial charge in [0.15, 0.2) is 0 Å². The molecule has 0 unspecified atom stereocenters. The number of carbonyl (C=O) groups is 2. The Labute approximate surface area is 253 Å². The van der Waals surface area contributed by atoms with Crippen molar-refractivity contribution in [1.82, 2.24) is 19.5 Å². The number of hydrogen-bond acceptors (Lipinski definition) is 9. The number of hydrogen-bond donors (Lipinski definition) is 2. The highest BCUT2D eigenvalue weighted by Gasteiger charge is 2.45. The third-order valence-electron chi connectivity index (χ3n) is 8.10. The van der Waals surface area contributed by atoms with Crippen LogP contribution < -0.4 is 15.8 Å². The van der Waals surface area contributed by atoms with Gasteiger partial charge in [-0.15, -0.1) is 0 Å². The third kappa shape index (κ3) is 6.66. The first-order valence-corrected chi connectivity index (χ1v) is 15.3. The smallest absolute Gasteiger partial charge is 0.284 e. The number of nitro benzene ring substituents is 1. The number of benzene rings is 2. The summed E-state index contributed by atoms with van der Waals surface area (Å²) in [5.74, 6) is 0.166. The molecule has 2 aromatic carbocycles. The molecule has 43 heavy (non-hydrogen) atoms. The number of para-hydroxylation sites is 1. The number of nitrogens with two attached hydrogens (primary N) is 1. The predicted molar refractivity (Wildman–Crippen MR) is 163 cm³/mol. The highest BCUT2D eigenvalue weighted by molar-refractivity contribution is 7.97. The van der Waals surface area contributed by atoms with Crippen LogP contribution in [0.15, 0.2) is 77.8 Å². The molecule has 5 atom stereocenters. The Kier molecular flexibility index (Phi) is 8.59. The summed E-state index contributed by atoms with van der Waals surface area (Å²) in [6.45, 7) is 0.932. The van der Waals surface area contributed by atoms with Crippen LogP contribution in [-0.4, -0.2) is 74.8 Å². The maximum Gasteiger partial charge on any atom is 0.284 e. The molecular weight excluding hydrogens is 568 g/mol. The van der Waals surface area contributed by atoms with Gasteiger partial charge >= 0.3 is 0 Å². The maximum atomic E-state index is 13.9. The second-order valence-electron chi connectivity index (χ2n) is 11.2. The number of ether oxygens (including phenoxy) is 1. The van der Waals surface area contributed by atoms with E-state index in [0.717, 1.165) is 30.0 Å². The van der Waals surface area contributed by atoms with Gasteiger partial charge in [-0.1, -0.05) is 42.5 Å². The molecule has 3 aromatic rings. The van der Waals surface area contributed by atoms with E-state index in [9.17, 15) is 19.7 Å². The largest absolute Gasteiger partial charge is 0.472 e. The van der Waals surface area contributed by atoms with Crippen molar-refractivity contribution in [1.29, 1.82) is 0 Å². The zero-order chi connectivity index (χ0) is 29.9. The summed E-state index contributed by atoms with van der Waals surface area (Å²) in [7, 11) is 0. The minimum atomic E-state index is -0.950. The quantitative estimate of drug-likeness (QED) is 0.193. The van der Waals surface area contributed by atoms with Gasteiger partial charge in [0, 0.05) is 43.2 Å². The third-order valence-corrected chi connectivity index (χ3v) is 9.23. The minimum absolute atomic E-state index is 0.00118. The Morgan fingerprint density at radius 3 is 2.74 bits per heavy atom. The van der Waals surface area contributed by atoms with Crippen LogP contribution in [-0.2, 0) is 9.59 Å². The van der Waals surface area contributed by atoms with Crippen molar-refractivity contribution in [3.8, 4) is 5.88 Å². The van der Waals surface area contributed by atoms with Crippen molar-refractivity contribution in [2.24, 2.45) is 11.7 Å². The van der Waals surface area contributed by atoms with Crippen LogP contribution in [0, 0.1) is 16.0 Å². The monoisotopic (exact) mass is 602 g/mol. The molecular formula is C31H34N6O5S. The average molecular weight is 603 g/mol. The summed E-state index contributed by atoms with van der Waals surface area (Å²) in [6.07, 6.45) is 8.28. The molecule has 2 aliphatic heterocycles. The molecule has 3 N–H and O–H groups in total. The molecule has 1 saturated heterocycles. The summed E-state index contributed by atoms with van der Waals surface area (Å²) >= 11 is 1.23. The van der Waals surface area contributed by atoms with Gasteiger partial charge in [0.2, 0.25) is 17.7 Å². The van der Waals surface area contributed by atoms with Gasteiger partial charge < -0.3 is 20.7 Å². The minimum Gasteiger partial charge on any atom is -0.472 e. The van der Waals surface area contributed by atoms with Gasteiger partial charge in [0.05, 0.1) is 17.5 Å². The number of carbonyl (C=O) groups excluding carboxylic acids is 2. The Balaban J connectivity index is 1.24. The normalized spacial score (nSPS) is 27.4. The van der Waals surface area contributed by atoms with E-state index in [0.29, 0.717) is 23.7 Å². The lowest BCUT2D eigenvalue weighted by Gasteiger charge is -2.29. The molecule has 1 aliphatic carbocycles. The first-order valence-electron chi connectivity index (χ1n) is 14.6. The molecule has 3 heterocycles. The summed E-state index contributed by atoms with van der Waals surface area (Å²) in [4.78, 5) is 45.1. The molecule has 11 nitrogen and oxygen atoms in total. The van der Waals surface area contributed by atoms with Crippen LogP contribution in [0.2, 0.25) is 0 Å². The lowest BCUT2D eigenvalue weighted by Crippen LogP contribution is -2.54. The summed E-state index contributed by atoms with van der Waals surface area (Å²) in [5, 5.41) is 16.6. The van der Waals surface area contributed by atoms with Gasteiger partial charge in [0.25, 0.3) is 5.69 Å². The van der Waals surface area contributed by atoms with Crippen molar-refractivity contribution in [2.45, 2.75) is 54.8 Å². The highest BCUT2D eigenvalue weighted by Crippen LogP contribution is 2.35. The predicted octanol–water partition coefficient (Wildman–Crippen LogP) is 3.68. The number of amides is 2. The van der Waals surface area contributed by atoms with Gasteiger partial charge in [-0.2, -0.15) is 0 Å². The number of nitrogens with one attached hydrogen (secondary N) is 1. The number of nitrogens with zero attached hydrogens (tertiary/aromatic N) is 4. The molecule has 2 amide bonds. The summed E-state index contributed by atoms with van der Waals surface area (Å²) < 4.78 is 8.23. The molecule has 3 aliphatic rings. The van der Waals surface area contributed by atoms with E-state index in [1.54, 1.807) is 24.4 Å². The fraction of sp³-hybridized carbons (Fsp3) is 0.387. The van der Waals surface area contributed by atoms with Crippen molar-refractivity contribution in [3.63, 3.8) is 0 Å². The van der Waals surface area contributed by atoms with Gasteiger partial charge in [-0.25, -0.2) is 9.29 Å². The summed E-state index contributed by atoms with van der Waals surface area (Å²) in [5.41, 5.74) is 6.53. The van der Waals surface area contributed by atoms with E-state index < -0.39 is 23.1 Å². The number of allylic oxidation sites excluding steroid dienone is 1.